The van der Waals surface area contributed by atoms with Gasteiger partial charge in [0.2, 0.25) is 0 Å². The van der Waals surface area contributed by atoms with Gasteiger partial charge in [0.15, 0.2) is 0 Å². The van der Waals surface area contributed by atoms with Crippen molar-refractivity contribution in [1.29, 1.82) is 0 Å². The molecule has 102 valence electrons. The predicted molar refractivity (Wildman–Crippen MR) is 79.5 cm³/mol. The third-order valence-electron chi connectivity index (χ3n) is 3.72. The van der Waals surface area contributed by atoms with Crippen molar-refractivity contribution in [2.75, 3.05) is 13.1 Å². The maximum atomic E-state index is 5.79. The Labute approximate surface area is 119 Å². The molecule has 18 heavy (non-hydrogen) atoms. The standard InChI is InChI=1S/C14H23ClN2S/c1-2-5-13-6-3-4-8-17(13)9-7-14-16-12(10-15)11-18-14/h11,13H,2-10H2,1H3. The second kappa shape index (κ2) is 7.46. The fraction of sp³-hybridized carbons (Fsp3) is 0.786. The summed E-state index contributed by atoms with van der Waals surface area (Å²) in [5, 5.41) is 3.33. The molecule has 0 aliphatic carbocycles. The molecular formula is C14H23ClN2S. The second-order valence-corrected chi connectivity index (χ2v) is 6.30. The highest BCUT2D eigenvalue weighted by atomic mass is 35.5. The van der Waals surface area contributed by atoms with E-state index in [2.05, 4.69) is 22.2 Å². The number of likely N-dealkylation sites (tertiary alicyclic amines) is 1. The number of aromatic nitrogens is 1. The fourth-order valence-corrected chi connectivity index (χ4v) is 3.79. The van der Waals surface area contributed by atoms with Crippen LogP contribution in [-0.2, 0) is 12.3 Å². The molecule has 0 aromatic carbocycles. The Kier molecular flexibility index (Phi) is 5.93. The van der Waals surface area contributed by atoms with E-state index in [-0.39, 0.29) is 0 Å². The van der Waals surface area contributed by atoms with Crippen molar-refractivity contribution in [3.63, 3.8) is 0 Å². The van der Waals surface area contributed by atoms with Crippen LogP contribution < -0.4 is 0 Å². The van der Waals surface area contributed by atoms with Gasteiger partial charge in [0.25, 0.3) is 0 Å². The van der Waals surface area contributed by atoms with Crippen molar-refractivity contribution in [1.82, 2.24) is 9.88 Å². The SMILES string of the molecule is CCCC1CCCCN1CCc1nc(CCl)cs1. The van der Waals surface area contributed by atoms with Gasteiger partial charge >= 0.3 is 0 Å². The first-order valence-corrected chi connectivity index (χ1v) is 8.48. The number of piperidine rings is 1. The van der Waals surface area contributed by atoms with Gasteiger partial charge in [-0.2, -0.15) is 0 Å². The van der Waals surface area contributed by atoms with E-state index in [4.69, 9.17) is 11.6 Å². The summed E-state index contributed by atoms with van der Waals surface area (Å²) in [6.45, 7) is 4.73. The van der Waals surface area contributed by atoms with Crippen molar-refractivity contribution in [2.24, 2.45) is 0 Å². The lowest BCUT2D eigenvalue weighted by molar-refractivity contribution is 0.141. The molecule has 0 N–H and O–H groups in total. The third kappa shape index (κ3) is 3.94. The first kappa shape index (κ1) is 14.3. The minimum atomic E-state index is 0.540. The smallest absolute Gasteiger partial charge is 0.0941 e. The highest BCUT2D eigenvalue weighted by Gasteiger charge is 2.21. The summed E-state index contributed by atoms with van der Waals surface area (Å²) in [6.07, 6.45) is 7.90. The number of thiazole rings is 1. The topological polar surface area (TPSA) is 16.1 Å². The monoisotopic (exact) mass is 286 g/mol. The van der Waals surface area contributed by atoms with Gasteiger partial charge in [-0.1, -0.05) is 19.8 Å². The number of alkyl halides is 1. The van der Waals surface area contributed by atoms with E-state index in [1.165, 1.54) is 50.2 Å². The van der Waals surface area contributed by atoms with E-state index in [0.29, 0.717) is 5.88 Å². The van der Waals surface area contributed by atoms with Gasteiger partial charge in [-0.3, -0.25) is 4.90 Å². The molecule has 2 heterocycles. The first-order valence-electron chi connectivity index (χ1n) is 7.06. The van der Waals surface area contributed by atoms with Gasteiger partial charge in [-0.05, 0) is 25.8 Å². The summed E-state index contributed by atoms with van der Waals surface area (Å²) in [4.78, 5) is 7.22. The van der Waals surface area contributed by atoms with Crippen molar-refractivity contribution in [2.45, 2.75) is 57.4 Å². The molecule has 4 heteroatoms. The van der Waals surface area contributed by atoms with E-state index in [0.717, 1.165) is 18.2 Å². The zero-order chi connectivity index (χ0) is 12.8. The summed E-state index contributed by atoms with van der Waals surface area (Å²) >= 11 is 7.54. The zero-order valence-electron chi connectivity index (χ0n) is 11.2. The highest BCUT2D eigenvalue weighted by Crippen LogP contribution is 2.21. The summed E-state index contributed by atoms with van der Waals surface area (Å²) in [5.74, 6) is 0.540. The summed E-state index contributed by atoms with van der Waals surface area (Å²) in [6, 6.07) is 0.816. The average Bonchev–Trinajstić information content (AvgIpc) is 2.86. The Balaban J connectivity index is 1.83. The lowest BCUT2D eigenvalue weighted by Gasteiger charge is -2.35. The summed E-state index contributed by atoms with van der Waals surface area (Å²) in [7, 11) is 0. The Bertz CT molecular complexity index is 351. The zero-order valence-corrected chi connectivity index (χ0v) is 12.8. The minimum absolute atomic E-state index is 0.540. The van der Waals surface area contributed by atoms with Crippen LogP contribution in [0.3, 0.4) is 0 Å². The van der Waals surface area contributed by atoms with Crippen LogP contribution in [0.2, 0.25) is 0 Å². The molecule has 2 nitrogen and oxygen atoms in total. The molecule has 2 rings (SSSR count). The van der Waals surface area contributed by atoms with Crippen molar-refractivity contribution >= 4 is 22.9 Å². The third-order valence-corrected chi connectivity index (χ3v) is 4.95. The van der Waals surface area contributed by atoms with Gasteiger partial charge in [-0.15, -0.1) is 22.9 Å². The molecule has 0 spiro atoms. The van der Waals surface area contributed by atoms with Gasteiger partial charge in [0.05, 0.1) is 16.6 Å². The number of rotatable bonds is 6. The number of hydrogen-bond donors (Lipinski definition) is 0. The Morgan fingerprint density at radius 2 is 2.39 bits per heavy atom. The molecule has 1 aromatic heterocycles. The van der Waals surface area contributed by atoms with Crippen LogP contribution in [0.25, 0.3) is 0 Å². The summed E-state index contributed by atoms with van der Waals surface area (Å²) < 4.78 is 0. The molecular weight excluding hydrogens is 264 g/mol. The molecule has 1 unspecified atom stereocenters. The van der Waals surface area contributed by atoms with Crippen LogP contribution in [-0.4, -0.2) is 29.0 Å². The van der Waals surface area contributed by atoms with E-state index in [9.17, 15) is 0 Å². The quantitative estimate of drug-likeness (QED) is 0.733. The molecule has 0 amide bonds. The molecule has 1 saturated heterocycles. The van der Waals surface area contributed by atoms with E-state index >= 15 is 0 Å². The Morgan fingerprint density at radius 1 is 1.50 bits per heavy atom. The number of nitrogens with zero attached hydrogens (tertiary/aromatic N) is 2. The lowest BCUT2D eigenvalue weighted by atomic mass is 9.98. The van der Waals surface area contributed by atoms with Crippen LogP contribution >= 0.6 is 22.9 Å². The Morgan fingerprint density at radius 3 is 3.11 bits per heavy atom. The molecule has 0 bridgehead atoms. The molecule has 0 saturated carbocycles. The van der Waals surface area contributed by atoms with Crippen LogP contribution in [0.1, 0.15) is 49.7 Å². The predicted octanol–water partition coefficient (Wildman–Crippen LogP) is 4.08. The van der Waals surface area contributed by atoms with Crippen LogP contribution in [0.4, 0.5) is 0 Å². The minimum Gasteiger partial charge on any atom is -0.300 e. The van der Waals surface area contributed by atoms with E-state index in [1.807, 2.05) is 0 Å². The normalized spacial score (nSPS) is 21.3. The van der Waals surface area contributed by atoms with E-state index < -0.39 is 0 Å². The van der Waals surface area contributed by atoms with Crippen LogP contribution in [0.15, 0.2) is 5.38 Å². The van der Waals surface area contributed by atoms with Gasteiger partial charge in [0.1, 0.15) is 0 Å². The summed E-state index contributed by atoms with van der Waals surface area (Å²) in [5.41, 5.74) is 1.03. The van der Waals surface area contributed by atoms with Gasteiger partial charge in [-0.25, -0.2) is 4.98 Å². The number of hydrogen-bond acceptors (Lipinski definition) is 3. The van der Waals surface area contributed by atoms with Crippen molar-refractivity contribution in [3.8, 4) is 0 Å². The largest absolute Gasteiger partial charge is 0.300 e. The molecule has 1 aliphatic rings. The molecule has 1 aliphatic heterocycles. The van der Waals surface area contributed by atoms with Crippen LogP contribution in [0.5, 0.6) is 0 Å². The maximum Gasteiger partial charge on any atom is 0.0941 e. The maximum absolute atomic E-state index is 5.79. The second-order valence-electron chi connectivity index (χ2n) is 5.09. The molecule has 1 atom stereocenters. The first-order chi connectivity index (χ1) is 8.83. The highest BCUT2D eigenvalue weighted by molar-refractivity contribution is 7.09. The molecule has 0 radical (unpaired) electrons. The number of halogens is 1. The van der Waals surface area contributed by atoms with Gasteiger partial charge in [0, 0.05) is 24.4 Å². The molecule has 1 aromatic rings. The lowest BCUT2D eigenvalue weighted by Crippen LogP contribution is -2.40. The molecule has 1 fully saturated rings. The van der Waals surface area contributed by atoms with Crippen LogP contribution in [0, 0.1) is 0 Å². The fourth-order valence-electron chi connectivity index (χ4n) is 2.78. The van der Waals surface area contributed by atoms with Crippen molar-refractivity contribution in [3.05, 3.63) is 16.1 Å². The van der Waals surface area contributed by atoms with E-state index in [1.54, 1.807) is 11.3 Å². The van der Waals surface area contributed by atoms with Gasteiger partial charge < -0.3 is 0 Å². The van der Waals surface area contributed by atoms with Crippen molar-refractivity contribution < 1.29 is 0 Å². The Hall–Kier alpha value is -0.120. The average molecular weight is 287 g/mol.